The molecule has 4 aliphatic rings. The monoisotopic (exact) mass is 426 g/mol. The Labute approximate surface area is 178 Å². The Kier molecular flexibility index (Phi) is 5.67. The van der Waals surface area contributed by atoms with E-state index in [1.165, 1.54) is 19.3 Å². The Hall–Kier alpha value is -0.870. The first kappa shape index (κ1) is 22.3. The molecule has 5 heteroatoms. The van der Waals surface area contributed by atoms with Gasteiger partial charge in [-0.2, -0.15) is 13.2 Å². The summed E-state index contributed by atoms with van der Waals surface area (Å²) in [5.74, 6) is 2.04. The third-order valence-electron chi connectivity index (χ3n) is 10.4. The molecule has 4 fully saturated rings. The minimum atomic E-state index is -4.70. The molecule has 0 aromatic rings. The molecule has 0 saturated heterocycles. The summed E-state index contributed by atoms with van der Waals surface area (Å²) in [6.45, 7) is 6.91. The van der Waals surface area contributed by atoms with Crippen LogP contribution in [0.1, 0.15) is 91.4 Å². The minimum Gasteiger partial charge on any atom is -0.300 e. The van der Waals surface area contributed by atoms with E-state index in [0.717, 1.165) is 38.5 Å². The van der Waals surface area contributed by atoms with Crippen LogP contribution >= 0.6 is 0 Å². The van der Waals surface area contributed by atoms with E-state index in [0.29, 0.717) is 47.2 Å². The molecule has 170 valence electrons. The first-order chi connectivity index (χ1) is 14.0. The van der Waals surface area contributed by atoms with Crippen molar-refractivity contribution in [3.63, 3.8) is 0 Å². The molecule has 0 aromatic carbocycles. The zero-order chi connectivity index (χ0) is 21.9. The number of carbonyl (C=O) groups excluding carboxylic acids is 2. The number of hydrogen-bond donors (Lipinski definition) is 0. The van der Waals surface area contributed by atoms with Crippen molar-refractivity contribution in [1.29, 1.82) is 0 Å². The Morgan fingerprint density at radius 1 is 1.03 bits per heavy atom. The van der Waals surface area contributed by atoms with Crippen LogP contribution in [0.2, 0.25) is 0 Å². The Balaban J connectivity index is 1.46. The van der Waals surface area contributed by atoms with Crippen molar-refractivity contribution in [3.8, 4) is 0 Å². The number of carbonyl (C=O) groups is 2. The standard InChI is InChI=1S/C25H37F3O2/c1-15(4-9-22(30)25(26,27)28)19-7-8-20-18-6-5-16-14-17(29)10-12-23(16,2)21(18)11-13-24(19,20)3/h15-16,18-21H,4-14H2,1-3H3/t15-,16-,18+,19-,20+,21+,23+,24-/m1/s1. The van der Waals surface area contributed by atoms with E-state index in [4.69, 9.17) is 0 Å². The molecular weight excluding hydrogens is 389 g/mol. The quantitative estimate of drug-likeness (QED) is 0.497. The molecule has 0 unspecified atom stereocenters. The second-order valence-corrected chi connectivity index (χ2v) is 11.6. The fourth-order valence-corrected chi connectivity index (χ4v) is 8.72. The minimum absolute atomic E-state index is 0.155. The highest BCUT2D eigenvalue weighted by atomic mass is 19.4. The van der Waals surface area contributed by atoms with E-state index in [-0.39, 0.29) is 17.8 Å². The molecule has 0 radical (unpaired) electrons. The van der Waals surface area contributed by atoms with Gasteiger partial charge in [0, 0.05) is 19.3 Å². The highest BCUT2D eigenvalue weighted by Gasteiger charge is 2.60. The zero-order valence-corrected chi connectivity index (χ0v) is 18.7. The van der Waals surface area contributed by atoms with E-state index in [1.54, 1.807) is 0 Å². The molecule has 4 saturated carbocycles. The normalized spacial score (nSPS) is 44.7. The van der Waals surface area contributed by atoms with Gasteiger partial charge in [-0.3, -0.25) is 9.59 Å². The number of fused-ring (bicyclic) bond motifs is 5. The van der Waals surface area contributed by atoms with Crippen LogP contribution in [0.5, 0.6) is 0 Å². The maximum absolute atomic E-state index is 12.6. The van der Waals surface area contributed by atoms with Crippen LogP contribution in [0, 0.1) is 46.3 Å². The Morgan fingerprint density at radius 3 is 2.43 bits per heavy atom. The molecular formula is C25H37F3O2. The molecule has 0 heterocycles. The van der Waals surface area contributed by atoms with E-state index in [1.807, 2.05) is 0 Å². The number of hydrogen-bond acceptors (Lipinski definition) is 2. The topological polar surface area (TPSA) is 34.1 Å². The summed E-state index contributed by atoms with van der Waals surface area (Å²) < 4.78 is 37.9. The van der Waals surface area contributed by atoms with Crippen molar-refractivity contribution in [2.24, 2.45) is 46.3 Å². The lowest BCUT2D eigenvalue weighted by molar-refractivity contribution is -0.171. The zero-order valence-electron chi connectivity index (χ0n) is 18.7. The molecule has 0 aliphatic heterocycles. The van der Waals surface area contributed by atoms with Crippen molar-refractivity contribution in [2.75, 3.05) is 0 Å². The second kappa shape index (κ2) is 7.62. The summed E-state index contributed by atoms with van der Waals surface area (Å²) in [5.41, 5.74) is 0.483. The van der Waals surface area contributed by atoms with Gasteiger partial charge in [0.25, 0.3) is 0 Å². The van der Waals surface area contributed by atoms with Crippen molar-refractivity contribution in [3.05, 3.63) is 0 Å². The summed E-state index contributed by atoms with van der Waals surface area (Å²) >= 11 is 0. The lowest BCUT2D eigenvalue weighted by atomic mass is 9.44. The van der Waals surface area contributed by atoms with Gasteiger partial charge in [-0.05, 0) is 97.7 Å². The lowest BCUT2D eigenvalue weighted by Gasteiger charge is -2.60. The van der Waals surface area contributed by atoms with Crippen molar-refractivity contribution in [2.45, 2.75) is 97.6 Å². The van der Waals surface area contributed by atoms with Gasteiger partial charge in [0.05, 0.1) is 0 Å². The SMILES string of the molecule is C[C@H](CCC(=O)C(F)(F)F)[C@H]1CC[C@H]2[C@@H]3CC[C@@H]4CC(=O)CC[C@]4(C)[C@H]3CC[C@]12C. The number of halogens is 3. The summed E-state index contributed by atoms with van der Waals surface area (Å²) in [7, 11) is 0. The van der Waals surface area contributed by atoms with Crippen LogP contribution < -0.4 is 0 Å². The summed E-state index contributed by atoms with van der Waals surface area (Å²) in [6, 6.07) is 0. The predicted octanol–water partition coefficient (Wildman–Crippen LogP) is 6.76. The van der Waals surface area contributed by atoms with Crippen LogP contribution in [0.4, 0.5) is 13.2 Å². The van der Waals surface area contributed by atoms with Gasteiger partial charge in [-0.25, -0.2) is 0 Å². The summed E-state index contributed by atoms with van der Waals surface area (Å²) in [6.07, 6.45) is 4.83. The van der Waals surface area contributed by atoms with Gasteiger partial charge in [-0.1, -0.05) is 20.8 Å². The smallest absolute Gasteiger partial charge is 0.300 e. The van der Waals surface area contributed by atoms with E-state index in [9.17, 15) is 22.8 Å². The maximum atomic E-state index is 12.6. The molecule has 0 N–H and O–H groups in total. The highest BCUT2D eigenvalue weighted by Crippen LogP contribution is 2.68. The van der Waals surface area contributed by atoms with Crippen LogP contribution in [0.15, 0.2) is 0 Å². The maximum Gasteiger partial charge on any atom is 0.449 e. The van der Waals surface area contributed by atoms with Crippen LogP contribution in [-0.4, -0.2) is 17.7 Å². The van der Waals surface area contributed by atoms with E-state index in [2.05, 4.69) is 20.8 Å². The van der Waals surface area contributed by atoms with Gasteiger partial charge in [-0.15, -0.1) is 0 Å². The first-order valence-corrected chi connectivity index (χ1v) is 12.1. The fourth-order valence-electron chi connectivity index (χ4n) is 8.72. The molecule has 4 aliphatic carbocycles. The largest absolute Gasteiger partial charge is 0.449 e. The molecule has 30 heavy (non-hydrogen) atoms. The fraction of sp³-hybridized carbons (Fsp3) is 0.920. The molecule has 0 bridgehead atoms. The molecule has 0 spiro atoms. The van der Waals surface area contributed by atoms with Gasteiger partial charge >= 0.3 is 6.18 Å². The van der Waals surface area contributed by atoms with Crippen LogP contribution in [0.25, 0.3) is 0 Å². The average Bonchev–Trinajstić information content (AvgIpc) is 3.03. The highest BCUT2D eigenvalue weighted by molar-refractivity contribution is 5.83. The van der Waals surface area contributed by atoms with Crippen molar-refractivity contribution >= 4 is 11.6 Å². The lowest BCUT2D eigenvalue weighted by Crippen LogP contribution is -2.53. The first-order valence-electron chi connectivity index (χ1n) is 12.1. The van der Waals surface area contributed by atoms with E-state index >= 15 is 0 Å². The molecule has 4 rings (SSSR count). The molecule has 0 aromatic heterocycles. The number of ketones is 2. The van der Waals surface area contributed by atoms with Crippen LogP contribution in [-0.2, 0) is 9.59 Å². The predicted molar refractivity (Wildman–Crippen MR) is 110 cm³/mol. The molecule has 2 nitrogen and oxygen atoms in total. The van der Waals surface area contributed by atoms with Gasteiger partial charge < -0.3 is 0 Å². The number of rotatable bonds is 4. The van der Waals surface area contributed by atoms with Gasteiger partial charge in [0.2, 0.25) is 5.78 Å². The summed E-state index contributed by atoms with van der Waals surface area (Å²) in [4.78, 5) is 23.4. The third kappa shape index (κ3) is 3.56. The van der Waals surface area contributed by atoms with Crippen molar-refractivity contribution < 1.29 is 22.8 Å². The Morgan fingerprint density at radius 2 is 1.73 bits per heavy atom. The molecule has 8 atom stereocenters. The third-order valence-corrected chi connectivity index (χ3v) is 10.4. The molecule has 0 amide bonds. The second-order valence-electron chi connectivity index (χ2n) is 11.6. The van der Waals surface area contributed by atoms with Crippen molar-refractivity contribution in [1.82, 2.24) is 0 Å². The number of Topliss-reactive ketones (excluding diaryl/α,β-unsaturated/α-hetero) is 2. The summed E-state index contributed by atoms with van der Waals surface area (Å²) in [5, 5.41) is 0. The number of alkyl halides is 3. The van der Waals surface area contributed by atoms with Gasteiger partial charge in [0.15, 0.2) is 0 Å². The van der Waals surface area contributed by atoms with Gasteiger partial charge in [0.1, 0.15) is 5.78 Å². The Bertz CT molecular complexity index is 701. The van der Waals surface area contributed by atoms with Crippen LogP contribution in [0.3, 0.4) is 0 Å². The van der Waals surface area contributed by atoms with E-state index < -0.39 is 12.0 Å². The average molecular weight is 427 g/mol.